The van der Waals surface area contributed by atoms with Crippen molar-refractivity contribution in [3.05, 3.63) is 58.9 Å². The summed E-state index contributed by atoms with van der Waals surface area (Å²) in [6.07, 6.45) is 3.24. The Kier molecular flexibility index (Phi) is 4.29. The first-order chi connectivity index (χ1) is 15.6. The maximum absolute atomic E-state index is 13.8. The predicted molar refractivity (Wildman–Crippen MR) is 119 cm³/mol. The molecule has 0 unspecified atom stereocenters. The average Bonchev–Trinajstić information content (AvgIpc) is 3.55. The van der Waals surface area contributed by atoms with Gasteiger partial charge >= 0.3 is 0 Å². The molecule has 3 heterocycles. The third-order valence-corrected chi connectivity index (χ3v) is 7.56. The molecule has 2 aromatic carbocycles. The van der Waals surface area contributed by atoms with Crippen LogP contribution in [0.3, 0.4) is 0 Å². The van der Waals surface area contributed by atoms with Crippen LogP contribution in [-0.4, -0.2) is 49.4 Å². The van der Waals surface area contributed by atoms with Crippen LogP contribution in [0.1, 0.15) is 46.5 Å². The molecule has 6 rings (SSSR count). The summed E-state index contributed by atoms with van der Waals surface area (Å²) in [5.41, 5.74) is 1.80. The number of aromatic amines is 1. The fourth-order valence-electron chi connectivity index (χ4n) is 5.40. The average molecular weight is 450 g/mol. The topological polar surface area (TPSA) is 91.0 Å². The second-order valence-electron chi connectivity index (χ2n) is 8.58. The first kappa shape index (κ1) is 19.4. The summed E-state index contributed by atoms with van der Waals surface area (Å²) in [6, 6.07) is 9.69. The molecule has 2 aromatic heterocycles. The minimum absolute atomic E-state index is 0.112. The second kappa shape index (κ2) is 7.09. The number of carbonyl (C=O) groups is 2. The highest BCUT2D eigenvalue weighted by Gasteiger charge is 2.53. The summed E-state index contributed by atoms with van der Waals surface area (Å²) in [4.78, 5) is 28.5. The Labute approximate surface area is 186 Å². The van der Waals surface area contributed by atoms with E-state index >= 15 is 0 Å². The first-order valence-corrected chi connectivity index (χ1v) is 11.5. The molecule has 1 saturated carbocycles. The van der Waals surface area contributed by atoms with E-state index in [0.717, 1.165) is 30.2 Å². The maximum Gasteiger partial charge on any atom is 0.275 e. The monoisotopic (exact) mass is 449 g/mol. The fraction of sp³-hybridized carbons (Fsp3) is 0.304. The highest BCUT2D eigenvalue weighted by molar-refractivity contribution is 7.04. The quantitative estimate of drug-likeness (QED) is 0.497. The van der Waals surface area contributed by atoms with Gasteiger partial charge in [-0.05, 0) is 67.5 Å². The summed E-state index contributed by atoms with van der Waals surface area (Å²) >= 11 is 1.33. The van der Waals surface area contributed by atoms with Crippen molar-refractivity contribution in [3.63, 3.8) is 0 Å². The summed E-state index contributed by atoms with van der Waals surface area (Å²) in [5, 5.41) is 13.5. The number of likely N-dealkylation sites (tertiary alicyclic amines) is 1. The van der Waals surface area contributed by atoms with Crippen molar-refractivity contribution in [2.75, 3.05) is 6.54 Å². The Bertz CT molecular complexity index is 1380. The zero-order chi connectivity index (χ0) is 21.9. The normalized spacial score (nSPS) is 22.5. The summed E-state index contributed by atoms with van der Waals surface area (Å²) in [5.74, 6) is -0.771. The summed E-state index contributed by atoms with van der Waals surface area (Å²) in [7, 11) is 0. The third-order valence-electron chi connectivity index (χ3n) is 6.91. The molecule has 162 valence electrons. The summed E-state index contributed by atoms with van der Waals surface area (Å²) in [6.45, 7) is 0.525. The molecule has 2 N–H and O–H groups in total. The minimum Gasteiger partial charge on any atom is -0.344 e. The number of hydrogen-bond donors (Lipinski definition) is 2. The lowest BCUT2D eigenvalue weighted by Gasteiger charge is -2.33. The van der Waals surface area contributed by atoms with Crippen molar-refractivity contribution in [2.24, 2.45) is 0 Å². The van der Waals surface area contributed by atoms with Gasteiger partial charge in [-0.2, -0.15) is 9.47 Å². The van der Waals surface area contributed by atoms with Crippen LogP contribution in [-0.2, 0) is 0 Å². The Morgan fingerprint density at radius 2 is 2.12 bits per heavy atom. The molecule has 2 amide bonds. The van der Waals surface area contributed by atoms with E-state index in [4.69, 9.17) is 0 Å². The molecule has 9 heteroatoms. The molecule has 1 aliphatic carbocycles. The zero-order valence-corrected chi connectivity index (χ0v) is 17.9. The van der Waals surface area contributed by atoms with E-state index in [0.29, 0.717) is 29.4 Å². The van der Waals surface area contributed by atoms with Gasteiger partial charge in [0.1, 0.15) is 5.82 Å². The minimum atomic E-state index is -0.463. The number of halogens is 1. The Morgan fingerprint density at radius 3 is 3.03 bits per heavy atom. The van der Waals surface area contributed by atoms with Crippen LogP contribution >= 0.6 is 11.5 Å². The van der Waals surface area contributed by atoms with Crippen LogP contribution in [0.15, 0.2) is 41.8 Å². The van der Waals surface area contributed by atoms with E-state index in [9.17, 15) is 14.0 Å². The molecule has 4 aromatic rings. The van der Waals surface area contributed by atoms with Crippen LogP contribution < -0.4 is 5.32 Å². The lowest BCUT2D eigenvalue weighted by atomic mass is 9.92. The van der Waals surface area contributed by atoms with Crippen molar-refractivity contribution >= 4 is 45.2 Å². The number of rotatable bonds is 3. The van der Waals surface area contributed by atoms with Crippen LogP contribution in [0.5, 0.6) is 0 Å². The summed E-state index contributed by atoms with van der Waals surface area (Å²) < 4.78 is 18.1. The van der Waals surface area contributed by atoms with Crippen LogP contribution in [0.2, 0.25) is 0 Å². The predicted octanol–water partition coefficient (Wildman–Crippen LogP) is 3.88. The van der Waals surface area contributed by atoms with E-state index in [1.807, 2.05) is 23.6 Å². The number of fused-ring (bicyclic) bond motifs is 3. The Hall–Kier alpha value is -3.33. The molecule has 0 radical (unpaired) electrons. The second-order valence-corrected chi connectivity index (χ2v) is 9.21. The molecule has 1 saturated heterocycles. The number of nitrogens with one attached hydrogen (secondary N) is 2. The van der Waals surface area contributed by atoms with Crippen LogP contribution in [0.25, 0.3) is 21.8 Å². The molecular formula is C23H20FN5O2S. The molecule has 0 bridgehead atoms. The molecule has 32 heavy (non-hydrogen) atoms. The van der Waals surface area contributed by atoms with Gasteiger partial charge in [0, 0.05) is 28.3 Å². The number of hydrogen-bond acceptors (Lipinski definition) is 5. The first-order valence-electron chi connectivity index (χ1n) is 10.7. The fourth-order valence-corrected chi connectivity index (χ4v) is 6.07. The van der Waals surface area contributed by atoms with Crippen molar-refractivity contribution < 1.29 is 14.0 Å². The maximum atomic E-state index is 13.8. The molecule has 1 aliphatic heterocycles. The van der Waals surface area contributed by atoms with E-state index in [-0.39, 0.29) is 23.6 Å². The van der Waals surface area contributed by atoms with Crippen LogP contribution in [0.4, 0.5) is 4.39 Å². The van der Waals surface area contributed by atoms with E-state index in [1.165, 1.54) is 23.7 Å². The number of H-pyrrole nitrogens is 1. The van der Waals surface area contributed by atoms with Crippen LogP contribution in [0, 0.1) is 5.82 Å². The molecule has 2 fully saturated rings. The zero-order valence-electron chi connectivity index (χ0n) is 17.1. The van der Waals surface area contributed by atoms with Gasteiger partial charge < -0.3 is 10.2 Å². The van der Waals surface area contributed by atoms with Gasteiger partial charge in [-0.15, -0.1) is 0 Å². The highest BCUT2D eigenvalue weighted by Crippen LogP contribution is 2.43. The molecule has 0 spiro atoms. The molecule has 2 aliphatic rings. The van der Waals surface area contributed by atoms with Gasteiger partial charge in [0.05, 0.1) is 22.6 Å². The van der Waals surface area contributed by atoms with E-state index in [1.54, 1.807) is 11.0 Å². The van der Waals surface area contributed by atoms with Gasteiger partial charge in [-0.3, -0.25) is 14.7 Å². The Morgan fingerprint density at radius 1 is 1.22 bits per heavy atom. The lowest BCUT2D eigenvalue weighted by Crippen LogP contribution is -2.54. The number of aromatic nitrogens is 3. The molecular weight excluding hydrogens is 429 g/mol. The molecule has 7 nitrogen and oxygen atoms in total. The van der Waals surface area contributed by atoms with Gasteiger partial charge in [0.25, 0.3) is 11.8 Å². The van der Waals surface area contributed by atoms with Gasteiger partial charge in [0.2, 0.25) is 0 Å². The van der Waals surface area contributed by atoms with E-state index in [2.05, 4.69) is 19.9 Å². The number of carbonyl (C=O) groups excluding carboxylic acids is 2. The standard InChI is InChI=1S/C23H20FN5O2S/c24-13-6-7-17-15(11-13)20(27-26-17)22(31)29-10-9-23(8-2-5-19(23)29)25-21(30)14-3-1-4-18-16(14)12-32-28-18/h1,3-4,6-7,11-12,19H,2,5,8-10H2,(H,25,30)(H,26,27)/t19-,23+/m1/s1. The smallest absolute Gasteiger partial charge is 0.275 e. The van der Waals surface area contributed by atoms with Gasteiger partial charge in [0.15, 0.2) is 5.69 Å². The number of benzene rings is 2. The number of amides is 2. The van der Waals surface area contributed by atoms with Gasteiger partial charge in [-0.1, -0.05) is 6.07 Å². The Balaban J connectivity index is 1.30. The molecule has 2 atom stereocenters. The lowest BCUT2D eigenvalue weighted by molar-refractivity contribution is 0.0691. The van der Waals surface area contributed by atoms with Crippen molar-refractivity contribution in [2.45, 2.75) is 37.3 Å². The highest BCUT2D eigenvalue weighted by atomic mass is 32.1. The third kappa shape index (κ3) is 2.84. The van der Waals surface area contributed by atoms with Crippen molar-refractivity contribution in [1.29, 1.82) is 0 Å². The van der Waals surface area contributed by atoms with Gasteiger partial charge in [-0.25, -0.2) is 4.39 Å². The van der Waals surface area contributed by atoms with Crippen molar-refractivity contribution in [1.82, 2.24) is 24.8 Å². The number of nitrogens with zero attached hydrogens (tertiary/aromatic N) is 3. The largest absolute Gasteiger partial charge is 0.344 e. The van der Waals surface area contributed by atoms with E-state index < -0.39 is 11.4 Å². The van der Waals surface area contributed by atoms with Crippen molar-refractivity contribution in [3.8, 4) is 0 Å². The SMILES string of the molecule is O=C(N[C@]12CCC[C@H]1N(C(=O)c1n[nH]c3ccc(F)cc13)CC2)c1cccc2nscc12.